The Kier molecular flexibility index (Phi) is 5.36. The van der Waals surface area contributed by atoms with Gasteiger partial charge in [-0.1, -0.05) is 0 Å². The Bertz CT molecular complexity index is 989. The molecular weight excluding hydrogens is 377 g/mol. The van der Waals surface area contributed by atoms with Crippen LogP contribution in [0.3, 0.4) is 0 Å². The first kappa shape index (κ1) is 17.7. The van der Waals surface area contributed by atoms with Crippen molar-refractivity contribution in [2.45, 2.75) is 0 Å². The van der Waals surface area contributed by atoms with Crippen molar-refractivity contribution in [2.75, 3.05) is 11.9 Å². The Morgan fingerprint density at radius 3 is 2.73 bits per heavy atom. The molecule has 1 aromatic carbocycles. The number of carbonyl (C=O) groups excluding carboxylic acids is 2. The minimum absolute atomic E-state index is 0.0657. The average Bonchev–Trinajstić information content (AvgIpc) is 3.29. The Labute approximate surface area is 155 Å². The molecule has 0 bridgehead atoms. The topological polar surface area (TPSA) is 92.1 Å². The van der Waals surface area contributed by atoms with E-state index in [1.807, 2.05) is 6.07 Å². The molecule has 2 heterocycles. The lowest BCUT2D eigenvalue weighted by Crippen LogP contribution is -2.21. The van der Waals surface area contributed by atoms with Gasteiger partial charge in [-0.15, -0.1) is 22.7 Å². The van der Waals surface area contributed by atoms with Gasteiger partial charge in [0.05, 0.1) is 5.56 Å². The fraction of sp³-hybridized carbons (Fsp3) is 0.0588. The monoisotopic (exact) mass is 387 g/mol. The van der Waals surface area contributed by atoms with E-state index in [-0.39, 0.29) is 11.5 Å². The predicted molar refractivity (Wildman–Crippen MR) is 95.5 cm³/mol. The number of amides is 1. The third-order valence-corrected chi connectivity index (χ3v) is 4.90. The first-order valence-corrected chi connectivity index (χ1v) is 8.99. The van der Waals surface area contributed by atoms with Crippen LogP contribution in [0.25, 0.3) is 10.6 Å². The quantitative estimate of drug-likeness (QED) is 0.674. The molecule has 0 radical (unpaired) electrons. The summed E-state index contributed by atoms with van der Waals surface area (Å²) in [6, 6.07) is 9.26. The van der Waals surface area contributed by atoms with Crippen molar-refractivity contribution in [2.24, 2.45) is 0 Å². The molecule has 0 fully saturated rings. The molecule has 0 aliphatic rings. The molecule has 0 saturated carbocycles. The van der Waals surface area contributed by atoms with E-state index in [0.29, 0.717) is 21.1 Å². The lowest BCUT2D eigenvalue weighted by molar-refractivity contribution is -0.119. The molecule has 0 unspecified atom stereocenters. The van der Waals surface area contributed by atoms with Crippen LogP contribution in [0.5, 0.6) is 0 Å². The zero-order valence-electron chi connectivity index (χ0n) is 13.1. The van der Waals surface area contributed by atoms with Gasteiger partial charge in [-0.3, -0.25) is 4.79 Å². The molecule has 0 aliphatic carbocycles. The summed E-state index contributed by atoms with van der Waals surface area (Å²) >= 11 is 2.41. The maximum absolute atomic E-state index is 12.9. The van der Waals surface area contributed by atoms with Crippen molar-refractivity contribution in [1.29, 1.82) is 5.26 Å². The number of hydrogen-bond donors (Lipinski definition) is 1. The maximum Gasteiger partial charge on any atom is 0.358 e. The second-order valence-electron chi connectivity index (χ2n) is 4.94. The Balaban J connectivity index is 1.58. The lowest BCUT2D eigenvalue weighted by Gasteiger charge is -2.04. The molecule has 130 valence electrons. The minimum atomic E-state index is -0.739. The molecule has 0 aliphatic heterocycles. The number of hydrogen-bond acceptors (Lipinski definition) is 7. The summed E-state index contributed by atoms with van der Waals surface area (Å²) < 4.78 is 17.9. The van der Waals surface area contributed by atoms with E-state index in [2.05, 4.69) is 10.3 Å². The largest absolute Gasteiger partial charge is 0.451 e. The van der Waals surface area contributed by atoms with Crippen LogP contribution in [0.2, 0.25) is 0 Å². The van der Waals surface area contributed by atoms with Crippen molar-refractivity contribution < 1.29 is 18.7 Å². The summed E-state index contributed by atoms with van der Waals surface area (Å²) in [5.74, 6) is -1.65. The average molecular weight is 387 g/mol. The first-order valence-electron chi connectivity index (χ1n) is 7.23. The fourth-order valence-electron chi connectivity index (χ4n) is 1.95. The number of ether oxygens (including phenoxy) is 1. The van der Waals surface area contributed by atoms with Gasteiger partial charge >= 0.3 is 5.97 Å². The summed E-state index contributed by atoms with van der Waals surface area (Å²) in [5, 5.41) is 15.5. The van der Waals surface area contributed by atoms with Crippen LogP contribution in [-0.4, -0.2) is 23.5 Å². The van der Waals surface area contributed by atoms with Crippen LogP contribution in [0.1, 0.15) is 16.1 Å². The highest BCUT2D eigenvalue weighted by Crippen LogP contribution is 2.24. The fourth-order valence-corrected chi connectivity index (χ4v) is 3.50. The van der Waals surface area contributed by atoms with Gasteiger partial charge in [0.1, 0.15) is 21.9 Å². The number of aromatic nitrogens is 1. The van der Waals surface area contributed by atoms with Crippen LogP contribution >= 0.6 is 22.7 Å². The number of rotatable bonds is 5. The van der Waals surface area contributed by atoms with E-state index in [1.165, 1.54) is 40.2 Å². The van der Waals surface area contributed by atoms with Crippen LogP contribution in [0.15, 0.2) is 41.1 Å². The molecule has 26 heavy (non-hydrogen) atoms. The molecule has 1 amide bonds. The van der Waals surface area contributed by atoms with Crippen LogP contribution in [0.4, 0.5) is 9.39 Å². The summed E-state index contributed by atoms with van der Waals surface area (Å²) in [6.45, 7) is -0.495. The Morgan fingerprint density at radius 1 is 1.23 bits per heavy atom. The lowest BCUT2D eigenvalue weighted by atomic mass is 10.2. The summed E-state index contributed by atoms with van der Waals surface area (Å²) in [7, 11) is 0. The number of thiophene rings is 1. The number of esters is 1. The summed E-state index contributed by atoms with van der Waals surface area (Å²) in [6.07, 6.45) is 0. The molecule has 2 aromatic heterocycles. The van der Waals surface area contributed by atoms with Crippen molar-refractivity contribution in [1.82, 2.24) is 4.98 Å². The Morgan fingerprint density at radius 2 is 2.00 bits per heavy atom. The molecule has 9 heteroatoms. The van der Waals surface area contributed by atoms with Gasteiger partial charge < -0.3 is 10.1 Å². The molecular formula is C17H10FN3O3S2. The van der Waals surface area contributed by atoms with Crippen LogP contribution in [-0.2, 0) is 9.53 Å². The zero-order valence-corrected chi connectivity index (χ0v) is 14.7. The molecule has 0 atom stereocenters. The van der Waals surface area contributed by atoms with E-state index in [0.717, 1.165) is 0 Å². The van der Waals surface area contributed by atoms with Gasteiger partial charge in [-0.2, -0.15) is 5.26 Å². The third-order valence-electron chi connectivity index (χ3n) is 3.18. The van der Waals surface area contributed by atoms with Crippen molar-refractivity contribution in [3.05, 3.63) is 58.2 Å². The van der Waals surface area contributed by atoms with E-state index in [1.54, 1.807) is 23.6 Å². The number of benzene rings is 1. The minimum Gasteiger partial charge on any atom is -0.451 e. The van der Waals surface area contributed by atoms with Crippen molar-refractivity contribution in [3.63, 3.8) is 0 Å². The standard InChI is InChI=1S/C17H10FN3O3S2/c18-12-3-1-10(2-4-12)15-20-13(9-26-15)17(23)24-8-14(22)21-16-11(7-19)5-6-25-16/h1-6,9H,8H2,(H,21,22). The summed E-state index contributed by atoms with van der Waals surface area (Å²) in [5.41, 5.74) is 1.09. The second kappa shape index (κ2) is 7.86. The molecule has 0 saturated heterocycles. The van der Waals surface area contributed by atoms with E-state index >= 15 is 0 Å². The number of nitrogens with one attached hydrogen (secondary N) is 1. The van der Waals surface area contributed by atoms with E-state index in [4.69, 9.17) is 10.00 Å². The number of anilines is 1. The Hall–Kier alpha value is -3.09. The highest BCUT2D eigenvalue weighted by molar-refractivity contribution is 7.14. The number of halogens is 1. The number of nitriles is 1. The number of thiazole rings is 1. The molecule has 1 N–H and O–H groups in total. The second-order valence-corrected chi connectivity index (χ2v) is 6.72. The highest BCUT2D eigenvalue weighted by Gasteiger charge is 2.16. The van der Waals surface area contributed by atoms with Gasteiger partial charge in [-0.05, 0) is 35.7 Å². The van der Waals surface area contributed by atoms with Crippen molar-refractivity contribution in [3.8, 4) is 16.6 Å². The van der Waals surface area contributed by atoms with Crippen LogP contribution in [0, 0.1) is 17.1 Å². The third kappa shape index (κ3) is 4.11. The molecule has 6 nitrogen and oxygen atoms in total. The normalized spacial score (nSPS) is 10.2. The highest BCUT2D eigenvalue weighted by atomic mass is 32.1. The number of carbonyl (C=O) groups is 2. The van der Waals surface area contributed by atoms with Gasteiger partial charge in [0, 0.05) is 10.9 Å². The first-order chi connectivity index (χ1) is 12.6. The van der Waals surface area contributed by atoms with Crippen LogP contribution < -0.4 is 5.32 Å². The predicted octanol–water partition coefficient (Wildman–Crippen LogP) is 3.68. The zero-order chi connectivity index (χ0) is 18.5. The van der Waals surface area contributed by atoms with Gasteiger partial charge in [0.15, 0.2) is 12.3 Å². The molecule has 3 aromatic rings. The smallest absolute Gasteiger partial charge is 0.358 e. The molecule has 0 spiro atoms. The maximum atomic E-state index is 12.9. The molecule has 3 rings (SSSR count). The SMILES string of the molecule is N#Cc1ccsc1NC(=O)COC(=O)c1csc(-c2ccc(F)cc2)n1. The van der Waals surface area contributed by atoms with E-state index < -0.39 is 18.5 Å². The van der Waals surface area contributed by atoms with E-state index in [9.17, 15) is 14.0 Å². The van der Waals surface area contributed by atoms with Gasteiger partial charge in [0.2, 0.25) is 0 Å². The number of nitrogens with zero attached hydrogens (tertiary/aromatic N) is 2. The van der Waals surface area contributed by atoms with Gasteiger partial charge in [0.25, 0.3) is 5.91 Å². The summed E-state index contributed by atoms with van der Waals surface area (Å²) in [4.78, 5) is 28.0. The van der Waals surface area contributed by atoms with Crippen molar-refractivity contribution >= 4 is 39.6 Å². The van der Waals surface area contributed by atoms with Gasteiger partial charge in [-0.25, -0.2) is 14.2 Å².